The lowest BCUT2D eigenvalue weighted by molar-refractivity contribution is 0.303. The summed E-state index contributed by atoms with van der Waals surface area (Å²) in [5.74, 6) is 2.55. The molecule has 3 nitrogen and oxygen atoms in total. The molecule has 0 amide bonds. The summed E-state index contributed by atoms with van der Waals surface area (Å²) in [5.41, 5.74) is 1.17. The smallest absolute Gasteiger partial charge is 0.165 e. The fourth-order valence-corrected chi connectivity index (χ4v) is 2.81. The maximum atomic E-state index is 5.46. The van der Waals surface area contributed by atoms with E-state index in [-0.39, 0.29) is 0 Å². The Balaban J connectivity index is 1.95. The van der Waals surface area contributed by atoms with Gasteiger partial charge in [0.15, 0.2) is 11.5 Å². The Morgan fingerprint density at radius 1 is 1.11 bits per heavy atom. The van der Waals surface area contributed by atoms with Crippen LogP contribution in [-0.2, 0) is 6.54 Å². The van der Waals surface area contributed by atoms with Gasteiger partial charge >= 0.3 is 0 Å². The van der Waals surface area contributed by atoms with E-state index in [9.17, 15) is 0 Å². The van der Waals surface area contributed by atoms with Gasteiger partial charge in [-0.2, -0.15) is 0 Å². The Bertz CT molecular complexity index is 398. The SMILES string of the molecule is COc1cccc(CNC2CCC(C)CC2)c1OC. The van der Waals surface area contributed by atoms with E-state index >= 15 is 0 Å². The fraction of sp³-hybridized carbons (Fsp3) is 0.625. The molecule has 0 atom stereocenters. The maximum absolute atomic E-state index is 5.46. The van der Waals surface area contributed by atoms with Crippen LogP contribution in [0.3, 0.4) is 0 Å². The predicted molar refractivity (Wildman–Crippen MR) is 77.8 cm³/mol. The first kappa shape index (κ1) is 14.2. The third kappa shape index (κ3) is 3.63. The second-order valence-electron chi connectivity index (χ2n) is 5.49. The molecule has 1 fully saturated rings. The van der Waals surface area contributed by atoms with Crippen molar-refractivity contribution in [3.8, 4) is 11.5 Å². The summed E-state index contributed by atoms with van der Waals surface area (Å²) >= 11 is 0. The van der Waals surface area contributed by atoms with Crippen LogP contribution in [-0.4, -0.2) is 20.3 Å². The van der Waals surface area contributed by atoms with Gasteiger partial charge in [-0.05, 0) is 37.7 Å². The highest BCUT2D eigenvalue weighted by atomic mass is 16.5. The minimum atomic E-state index is 0.645. The molecule has 1 aromatic carbocycles. The number of para-hydroxylation sites is 1. The van der Waals surface area contributed by atoms with E-state index in [1.54, 1.807) is 14.2 Å². The zero-order chi connectivity index (χ0) is 13.7. The highest BCUT2D eigenvalue weighted by molar-refractivity contribution is 5.46. The third-order valence-electron chi connectivity index (χ3n) is 4.08. The maximum Gasteiger partial charge on any atom is 0.165 e. The van der Waals surface area contributed by atoms with E-state index in [1.807, 2.05) is 12.1 Å². The summed E-state index contributed by atoms with van der Waals surface area (Å²) in [6, 6.07) is 6.69. The van der Waals surface area contributed by atoms with Crippen molar-refractivity contribution in [1.82, 2.24) is 5.32 Å². The summed E-state index contributed by atoms with van der Waals surface area (Å²) in [6.07, 6.45) is 5.25. The van der Waals surface area contributed by atoms with Crippen molar-refractivity contribution in [2.75, 3.05) is 14.2 Å². The highest BCUT2D eigenvalue weighted by Crippen LogP contribution is 2.31. The van der Waals surface area contributed by atoms with Gasteiger partial charge in [0.2, 0.25) is 0 Å². The van der Waals surface area contributed by atoms with Gasteiger partial charge in [0.05, 0.1) is 14.2 Å². The largest absolute Gasteiger partial charge is 0.493 e. The second kappa shape index (κ2) is 6.80. The predicted octanol–water partition coefficient (Wildman–Crippen LogP) is 3.37. The highest BCUT2D eigenvalue weighted by Gasteiger charge is 2.18. The molecule has 106 valence electrons. The van der Waals surface area contributed by atoms with Crippen LogP contribution in [0.25, 0.3) is 0 Å². The Morgan fingerprint density at radius 3 is 2.47 bits per heavy atom. The molecular weight excluding hydrogens is 238 g/mol. The summed E-state index contributed by atoms with van der Waals surface area (Å²) in [5, 5.41) is 3.65. The molecule has 0 radical (unpaired) electrons. The summed E-state index contributed by atoms with van der Waals surface area (Å²) in [4.78, 5) is 0. The number of methoxy groups -OCH3 is 2. The molecule has 0 aliphatic heterocycles. The first-order valence-corrected chi connectivity index (χ1v) is 7.17. The van der Waals surface area contributed by atoms with Crippen molar-refractivity contribution in [1.29, 1.82) is 0 Å². The van der Waals surface area contributed by atoms with Crippen molar-refractivity contribution in [3.63, 3.8) is 0 Å². The molecule has 1 aliphatic rings. The molecule has 0 spiro atoms. The molecule has 0 aromatic heterocycles. The summed E-state index contributed by atoms with van der Waals surface area (Å²) in [7, 11) is 3.38. The molecule has 19 heavy (non-hydrogen) atoms. The van der Waals surface area contributed by atoms with Crippen LogP contribution in [0.1, 0.15) is 38.2 Å². The Labute approximate surface area is 116 Å². The molecule has 0 unspecified atom stereocenters. The fourth-order valence-electron chi connectivity index (χ4n) is 2.81. The van der Waals surface area contributed by atoms with Crippen molar-refractivity contribution in [3.05, 3.63) is 23.8 Å². The van der Waals surface area contributed by atoms with Crippen LogP contribution in [0.4, 0.5) is 0 Å². The Hall–Kier alpha value is -1.22. The van der Waals surface area contributed by atoms with Gasteiger partial charge in [-0.15, -0.1) is 0 Å². The van der Waals surface area contributed by atoms with Crippen LogP contribution in [0.15, 0.2) is 18.2 Å². The summed E-state index contributed by atoms with van der Waals surface area (Å²) < 4.78 is 10.8. The molecule has 1 aliphatic carbocycles. The number of nitrogens with one attached hydrogen (secondary N) is 1. The normalized spacial score (nSPS) is 23.1. The topological polar surface area (TPSA) is 30.5 Å². The van der Waals surface area contributed by atoms with E-state index in [1.165, 1.54) is 31.2 Å². The number of ether oxygens (including phenoxy) is 2. The minimum absolute atomic E-state index is 0.645. The molecule has 1 saturated carbocycles. The lowest BCUT2D eigenvalue weighted by Crippen LogP contribution is -2.32. The average molecular weight is 263 g/mol. The van der Waals surface area contributed by atoms with Gasteiger partial charge in [-0.1, -0.05) is 19.1 Å². The van der Waals surface area contributed by atoms with Gasteiger partial charge in [-0.3, -0.25) is 0 Å². The molecule has 0 saturated heterocycles. The summed E-state index contributed by atoms with van der Waals surface area (Å²) in [6.45, 7) is 3.20. The van der Waals surface area contributed by atoms with E-state index < -0.39 is 0 Å². The molecule has 2 rings (SSSR count). The lowest BCUT2D eigenvalue weighted by Gasteiger charge is -2.27. The van der Waals surface area contributed by atoms with Gasteiger partial charge in [-0.25, -0.2) is 0 Å². The second-order valence-corrected chi connectivity index (χ2v) is 5.49. The van der Waals surface area contributed by atoms with Crippen molar-refractivity contribution < 1.29 is 9.47 Å². The zero-order valence-electron chi connectivity index (χ0n) is 12.2. The Morgan fingerprint density at radius 2 is 1.84 bits per heavy atom. The minimum Gasteiger partial charge on any atom is -0.493 e. The molecule has 1 N–H and O–H groups in total. The van der Waals surface area contributed by atoms with E-state index in [2.05, 4.69) is 18.3 Å². The first-order chi connectivity index (χ1) is 9.24. The van der Waals surface area contributed by atoms with Crippen LogP contribution in [0.2, 0.25) is 0 Å². The van der Waals surface area contributed by atoms with Crippen LogP contribution in [0.5, 0.6) is 11.5 Å². The van der Waals surface area contributed by atoms with E-state index in [4.69, 9.17) is 9.47 Å². The Kier molecular flexibility index (Phi) is 5.08. The van der Waals surface area contributed by atoms with Gasteiger partial charge in [0.1, 0.15) is 0 Å². The van der Waals surface area contributed by atoms with Crippen molar-refractivity contribution >= 4 is 0 Å². The molecule has 0 bridgehead atoms. The van der Waals surface area contributed by atoms with Gasteiger partial charge in [0.25, 0.3) is 0 Å². The first-order valence-electron chi connectivity index (χ1n) is 7.17. The molecule has 1 aromatic rings. The van der Waals surface area contributed by atoms with Crippen molar-refractivity contribution in [2.24, 2.45) is 5.92 Å². The number of benzene rings is 1. The molecule has 3 heteroatoms. The van der Waals surface area contributed by atoms with E-state index in [0.717, 1.165) is 24.0 Å². The quantitative estimate of drug-likeness (QED) is 0.883. The van der Waals surface area contributed by atoms with E-state index in [0.29, 0.717) is 6.04 Å². The molecule has 0 heterocycles. The zero-order valence-corrected chi connectivity index (χ0v) is 12.2. The number of hydrogen-bond acceptors (Lipinski definition) is 3. The monoisotopic (exact) mass is 263 g/mol. The number of hydrogen-bond donors (Lipinski definition) is 1. The standard InChI is InChI=1S/C16H25NO2/c1-12-7-9-14(10-8-12)17-11-13-5-4-6-15(18-2)16(13)19-3/h4-6,12,14,17H,7-11H2,1-3H3. The lowest BCUT2D eigenvalue weighted by atomic mass is 9.87. The van der Waals surface area contributed by atoms with Gasteiger partial charge in [0, 0.05) is 18.2 Å². The molecular formula is C16H25NO2. The van der Waals surface area contributed by atoms with Crippen LogP contribution < -0.4 is 14.8 Å². The van der Waals surface area contributed by atoms with Gasteiger partial charge < -0.3 is 14.8 Å². The van der Waals surface area contributed by atoms with Crippen LogP contribution in [0, 0.1) is 5.92 Å². The average Bonchev–Trinajstić information content (AvgIpc) is 2.46. The van der Waals surface area contributed by atoms with Crippen LogP contribution >= 0.6 is 0 Å². The number of rotatable bonds is 5. The van der Waals surface area contributed by atoms with Crippen molar-refractivity contribution in [2.45, 2.75) is 45.2 Å². The third-order valence-corrected chi connectivity index (χ3v) is 4.08.